The molecule has 7 heteroatoms. The summed E-state index contributed by atoms with van der Waals surface area (Å²) in [6.45, 7) is 8.29. The van der Waals surface area contributed by atoms with Gasteiger partial charge in [0.2, 0.25) is 0 Å². The molecule has 6 rings (SSSR count). The first-order chi connectivity index (χ1) is 19.3. The molecular weight excluding hydrogens is 505 g/mol. The van der Waals surface area contributed by atoms with E-state index in [0.717, 1.165) is 69.9 Å². The van der Waals surface area contributed by atoms with Gasteiger partial charge in [-0.3, -0.25) is 9.59 Å². The molecule has 1 unspecified atom stereocenters. The zero-order chi connectivity index (χ0) is 28.0. The molecule has 2 N–H and O–H groups in total. The second-order valence-electron chi connectivity index (χ2n) is 13.6. The molecule has 6 aliphatic rings. The number of carboxylic acids is 1. The van der Waals surface area contributed by atoms with Gasteiger partial charge in [-0.15, -0.1) is 0 Å². The van der Waals surface area contributed by atoms with Gasteiger partial charge >= 0.3 is 5.97 Å². The molecule has 3 aliphatic heterocycles. The number of halogens is 1. The Bertz CT molecular complexity index is 1090. The number of hydrogen-bond acceptors (Lipinski definition) is 4. The Morgan fingerprint density at radius 1 is 1.12 bits per heavy atom. The minimum absolute atomic E-state index is 0.0648. The Kier molecular flexibility index (Phi) is 8.13. The van der Waals surface area contributed by atoms with Crippen molar-refractivity contribution < 1.29 is 19.1 Å². The van der Waals surface area contributed by atoms with E-state index in [1.54, 1.807) is 5.57 Å². The summed E-state index contributed by atoms with van der Waals surface area (Å²) in [7, 11) is 0. The molecule has 0 aromatic rings. The summed E-state index contributed by atoms with van der Waals surface area (Å²) >= 11 is 0. The number of carbonyl (C=O) groups is 2. The first kappa shape index (κ1) is 28.0. The minimum atomic E-state index is -0.809. The topological polar surface area (TPSA) is 72.9 Å². The highest BCUT2D eigenvalue weighted by Gasteiger charge is 2.43. The fourth-order valence-corrected chi connectivity index (χ4v) is 8.39. The van der Waals surface area contributed by atoms with E-state index in [4.69, 9.17) is 0 Å². The van der Waals surface area contributed by atoms with Gasteiger partial charge in [0.1, 0.15) is 6.17 Å². The van der Waals surface area contributed by atoms with Crippen LogP contribution in [0.3, 0.4) is 0 Å². The quantitative estimate of drug-likeness (QED) is 0.438. The Balaban J connectivity index is 1.05. The molecule has 6 atom stereocenters. The number of carbonyl (C=O) groups excluding carboxylic acids is 1. The van der Waals surface area contributed by atoms with Crippen LogP contribution in [0.2, 0.25) is 0 Å². The van der Waals surface area contributed by atoms with Gasteiger partial charge in [-0.25, -0.2) is 4.39 Å². The van der Waals surface area contributed by atoms with Crippen LogP contribution in [0.15, 0.2) is 34.6 Å². The van der Waals surface area contributed by atoms with Crippen molar-refractivity contribution in [2.45, 2.75) is 103 Å². The van der Waals surface area contributed by atoms with Gasteiger partial charge in [0.05, 0.1) is 5.92 Å². The number of alkyl halides is 1. The van der Waals surface area contributed by atoms with Crippen LogP contribution in [-0.2, 0) is 9.59 Å². The molecule has 1 saturated carbocycles. The molecule has 40 heavy (non-hydrogen) atoms. The van der Waals surface area contributed by atoms with Crippen molar-refractivity contribution >= 4 is 11.9 Å². The monoisotopic (exact) mass is 553 g/mol. The number of likely N-dealkylation sites (tertiary alicyclic amines) is 1. The lowest BCUT2D eigenvalue weighted by Gasteiger charge is -2.45. The van der Waals surface area contributed by atoms with E-state index in [-0.39, 0.29) is 18.0 Å². The van der Waals surface area contributed by atoms with Crippen LogP contribution in [0, 0.1) is 29.6 Å². The number of allylic oxidation sites excluding steroid dienone is 4. The van der Waals surface area contributed by atoms with Crippen LogP contribution >= 0.6 is 0 Å². The summed E-state index contributed by atoms with van der Waals surface area (Å²) in [6.07, 6.45) is 14.1. The van der Waals surface area contributed by atoms with E-state index in [9.17, 15) is 19.1 Å². The third-order valence-corrected chi connectivity index (χ3v) is 11.1. The number of rotatable bonds is 7. The molecule has 0 bridgehead atoms. The Morgan fingerprint density at radius 3 is 2.55 bits per heavy atom. The van der Waals surface area contributed by atoms with Gasteiger partial charge in [0.15, 0.2) is 0 Å². The molecule has 0 spiro atoms. The van der Waals surface area contributed by atoms with Gasteiger partial charge in [0, 0.05) is 56.0 Å². The van der Waals surface area contributed by atoms with Crippen LogP contribution in [0.25, 0.3) is 0 Å². The zero-order valence-corrected chi connectivity index (χ0v) is 24.4. The van der Waals surface area contributed by atoms with Crippen LogP contribution in [0.4, 0.5) is 4.39 Å². The number of hydrogen-bond donors (Lipinski definition) is 2. The SMILES string of the molecule is CC[C@@H]1NC2=C(C[C@@H]1C(=O)O)C(=O)N(C1CCN(C[C@@H]3C[C@H](C4CC4)C(C4=CC[C@H](F)CC4)=CC3C)CC1)CC2. The molecule has 0 aromatic heterocycles. The average Bonchev–Trinajstić information content (AvgIpc) is 3.80. The van der Waals surface area contributed by atoms with E-state index < -0.39 is 18.1 Å². The number of aliphatic carboxylic acids is 1. The smallest absolute Gasteiger partial charge is 0.308 e. The molecule has 3 aliphatic carbocycles. The summed E-state index contributed by atoms with van der Waals surface area (Å²) in [6, 6.07) is 0.158. The lowest BCUT2D eigenvalue weighted by molar-refractivity contribution is -0.143. The number of nitrogens with zero attached hydrogens (tertiary/aromatic N) is 2. The molecule has 2 fully saturated rings. The number of amides is 1. The van der Waals surface area contributed by atoms with Gasteiger partial charge in [-0.1, -0.05) is 26.0 Å². The number of nitrogens with one attached hydrogen (secondary N) is 1. The minimum Gasteiger partial charge on any atom is -0.481 e. The standard InChI is InChI=1S/C33H48FN3O3/c1-3-30-29(33(39)40)18-28-31(35-30)12-15-37(32(28)38)25-10-13-36(14-11-25)19-23-17-27(21-4-5-21)26(16-20(23)2)22-6-8-24(34)9-7-22/h6,16,20-21,23-25,27,29-30,35H,3-5,7-15,17-19H2,1-2H3,(H,39,40)/t20?,23-,24-,27+,29-,30-/m0/s1. The van der Waals surface area contributed by atoms with Gasteiger partial charge in [-0.05, 0) is 99.0 Å². The first-order valence-corrected chi connectivity index (χ1v) is 16.1. The summed E-state index contributed by atoms with van der Waals surface area (Å²) in [5.74, 6) is 1.39. The summed E-state index contributed by atoms with van der Waals surface area (Å²) in [5.41, 5.74) is 4.70. The van der Waals surface area contributed by atoms with Gasteiger partial charge < -0.3 is 20.2 Å². The number of carboxylic acid groups (broad SMARTS) is 1. The van der Waals surface area contributed by atoms with Crippen molar-refractivity contribution in [1.29, 1.82) is 0 Å². The summed E-state index contributed by atoms with van der Waals surface area (Å²) in [5, 5.41) is 13.1. The van der Waals surface area contributed by atoms with Crippen LogP contribution in [0.5, 0.6) is 0 Å². The lowest BCUT2D eigenvalue weighted by Crippen LogP contribution is -2.54. The molecule has 3 heterocycles. The molecule has 0 aromatic carbocycles. The van der Waals surface area contributed by atoms with E-state index in [1.165, 1.54) is 24.8 Å². The second kappa shape index (κ2) is 11.6. The van der Waals surface area contributed by atoms with Crippen LogP contribution < -0.4 is 5.32 Å². The maximum Gasteiger partial charge on any atom is 0.308 e. The number of piperidine rings is 1. The normalized spacial score (nSPS) is 36.1. The fourth-order valence-electron chi connectivity index (χ4n) is 8.39. The largest absolute Gasteiger partial charge is 0.481 e. The zero-order valence-electron chi connectivity index (χ0n) is 24.4. The molecular formula is C33H48FN3O3. The van der Waals surface area contributed by atoms with Gasteiger partial charge in [0.25, 0.3) is 5.91 Å². The highest BCUT2D eigenvalue weighted by molar-refractivity contribution is 5.96. The highest BCUT2D eigenvalue weighted by Crippen LogP contribution is 2.50. The molecule has 1 saturated heterocycles. The maximum atomic E-state index is 13.8. The molecule has 1 amide bonds. The van der Waals surface area contributed by atoms with E-state index >= 15 is 0 Å². The van der Waals surface area contributed by atoms with Crippen molar-refractivity contribution in [2.75, 3.05) is 26.2 Å². The van der Waals surface area contributed by atoms with Crippen molar-refractivity contribution in [3.63, 3.8) is 0 Å². The Labute approximate surface area is 239 Å². The van der Waals surface area contributed by atoms with Crippen molar-refractivity contribution in [2.24, 2.45) is 29.6 Å². The highest BCUT2D eigenvalue weighted by atomic mass is 19.1. The molecule has 0 radical (unpaired) electrons. The van der Waals surface area contributed by atoms with Crippen molar-refractivity contribution in [3.8, 4) is 0 Å². The van der Waals surface area contributed by atoms with E-state index in [1.807, 2.05) is 6.92 Å². The Morgan fingerprint density at radius 2 is 1.90 bits per heavy atom. The third kappa shape index (κ3) is 5.64. The maximum absolute atomic E-state index is 13.8. The third-order valence-electron chi connectivity index (χ3n) is 11.1. The van der Waals surface area contributed by atoms with Gasteiger partial charge in [-0.2, -0.15) is 0 Å². The average molecular weight is 554 g/mol. The van der Waals surface area contributed by atoms with Crippen molar-refractivity contribution in [1.82, 2.24) is 15.1 Å². The lowest BCUT2D eigenvalue weighted by atomic mass is 9.70. The Hall–Kier alpha value is -2.15. The molecule has 6 nitrogen and oxygen atoms in total. The fraction of sp³-hybridized carbons (Fsp3) is 0.758. The van der Waals surface area contributed by atoms with E-state index in [0.29, 0.717) is 42.6 Å². The predicted molar refractivity (Wildman–Crippen MR) is 154 cm³/mol. The van der Waals surface area contributed by atoms with Crippen LogP contribution in [-0.4, -0.2) is 71.2 Å². The van der Waals surface area contributed by atoms with E-state index in [2.05, 4.69) is 34.2 Å². The van der Waals surface area contributed by atoms with Crippen LogP contribution in [0.1, 0.15) is 84.5 Å². The van der Waals surface area contributed by atoms with Crippen molar-refractivity contribution in [3.05, 3.63) is 34.6 Å². The predicted octanol–water partition coefficient (Wildman–Crippen LogP) is 5.47. The first-order valence-electron chi connectivity index (χ1n) is 16.1. The molecule has 220 valence electrons. The summed E-state index contributed by atoms with van der Waals surface area (Å²) < 4.78 is 13.8. The second-order valence-corrected chi connectivity index (χ2v) is 13.6. The summed E-state index contributed by atoms with van der Waals surface area (Å²) in [4.78, 5) is 30.1.